The quantitative estimate of drug-likeness (QED) is 0.188. The molecular formula is C34H31F3N6O4. The summed E-state index contributed by atoms with van der Waals surface area (Å²) in [5.74, 6) is -0.301. The number of nitrogens with zero attached hydrogens (tertiary/aromatic N) is 4. The molecule has 13 heteroatoms. The normalized spacial score (nSPS) is 13.9. The van der Waals surface area contributed by atoms with Crippen molar-refractivity contribution >= 4 is 28.4 Å². The Morgan fingerprint density at radius 2 is 1.85 bits per heavy atom. The Bertz CT molecular complexity index is 1930. The van der Waals surface area contributed by atoms with Crippen molar-refractivity contribution < 1.29 is 32.5 Å². The van der Waals surface area contributed by atoms with Crippen molar-refractivity contribution in [1.82, 2.24) is 19.9 Å². The van der Waals surface area contributed by atoms with Crippen LogP contribution in [0.3, 0.4) is 0 Å². The molecule has 0 radical (unpaired) electrons. The number of carbonyl (C=O) groups is 1. The van der Waals surface area contributed by atoms with Crippen LogP contribution < -0.4 is 15.8 Å². The van der Waals surface area contributed by atoms with E-state index < -0.39 is 17.6 Å². The van der Waals surface area contributed by atoms with Crippen LogP contribution in [0.15, 0.2) is 73.1 Å². The van der Waals surface area contributed by atoms with Crippen LogP contribution in [0.2, 0.25) is 0 Å². The molecule has 3 aromatic carbocycles. The molecule has 3 heterocycles. The number of nitrogen functional groups attached to an aromatic ring is 1. The first-order valence-electron chi connectivity index (χ1n) is 14.8. The Kier molecular flexibility index (Phi) is 8.92. The molecule has 1 aliphatic heterocycles. The van der Waals surface area contributed by atoms with Gasteiger partial charge in [-0.25, -0.2) is 15.0 Å². The van der Waals surface area contributed by atoms with Gasteiger partial charge in [0.2, 0.25) is 11.8 Å². The van der Waals surface area contributed by atoms with Crippen molar-refractivity contribution in [2.45, 2.75) is 13.1 Å². The lowest BCUT2D eigenvalue weighted by atomic mass is 9.92. The van der Waals surface area contributed by atoms with Crippen molar-refractivity contribution in [2.75, 3.05) is 50.5 Å². The summed E-state index contributed by atoms with van der Waals surface area (Å²) in [4.78, 5) is 28.4. The number of nitrogens with two attached hydrogens (primary N) is 1. The molecule has 5 aromatic rings. The molecule has 0 unspecified atom stereocenters. The number of hydrogen-bond acceptors (Lipinski definition) is 9. The van der Waals surface area contributed by atoms with Crippen molar-refractivity contribution in [3.05, 3.63) is 89.7 Å². The van der Waals surface area contributed by atoms with E-state index in [2.05, 4.69) is 25.2 Å². The first-order chi connectivity index (χ1) is 22.6. The zero-order valence-corrected chi connectivity index (χ0v) is 25.3. The lowest BCUT2D eigenvalue weighted by Crippen LogP contribution is -2.38. The largest absolute Gasteiger partial charge is 0.507 e. The number of aryl methyl sites for hydroxylation is 1. The highest BCUT2D eigenvalue weighted by atomic mass is 19.4. The van der Waals surface area contributed by atoms with Gasteiger partial charge in [-0.3, -0.25) is 9.69 Å². The number of hydrogen-bond donors (Lipinski definition) is 3. The summed E-state index contributed by atoms with van der Waals surface area (Å²) in [5.41, 5.74) is 8.18. The average molecular weight is 645 g/mol. The monoisotopic (exact) mass is 644 g/mol. The number of alkyl halides is 3. The second kappa shape index (κ2) is 13.2. The molecule has 1 amide bonds. The van der Waals surface area contributed by atoms with Crippen LogP contribution in [0, 0.1) is 6.92 Å². The topological polar surface area (TPSA) is 136 Å². The van der Waals surface area contributed by atoms with E-state index >= 15 is 0 Å². The highest BCUT2D eigenvalue weighted by Gasteiger charge is 2.30. The molecule has 0 bridgehead atoms. The summed E-state index contributed by atoms with van der Waals surface area (Å²) in [6, 6.07) is 14.4. The number of nitrogens with one attached hydrogen (secondary N) is 1. The van der Waals surface area contributed by atoms with Crippen LogP contribution >= 0.6 is 0 Å². The molecule has 10 nitrogen and oxygen atoms in total. The van der Waals surface area contributed by atoms with Crippen molar-refractivity contribution in [1.29, 1.82) is 0 Å². The van der Waals surface area contributed by atoms with Gasteiger partial charge in [0.15, 0.2) is 0 Å². The summed E-state index contributed by atoms with van der Waals surface area (Å²) in [6.07, 6.45) is -1.43. The van der Waals surface area contributed by atoms with E-state index in [4.69, 9.17) is 15.2 Å². The zero-order chi connectivity index (χ0) is 33.1. The van der Waals surface area contributed by atoms with E-state index in [1.807, 2.05) is 6.92 Å². The number of aromatic nitrogens is 3. The van der Waals surface area contributed by atoms with E-state index in [0.717, 1.165) is 37.3 Å². The minimum absolute atomic E-state index is 0.00134. The van der Waals surface area contributed by atoms with E-state index in [1.54, 1.807) is 48.8 Å². The number of phenolic OH excluding ortho intramolecular Hbond substituents is 1. The average Bonchev–Trinajstić information content (AvgIpc) is 3.05. The Morgan fingerprint density at radius 3 is 2.60 bits per heavy atom. The molecule has 2 aromatic heterocycles. The molecular weight excluding hydrogens is 613 g/mol. The maximum absolute atomic E-state index is 13.2. The molecule has 0 spiro atoms. The number of rotatable bonds is 8. The summed E-state index contributed by atoms with van der Waals surface area (Å²) >= 11 is 0. The number of ether oxygens (including phenoxy) is 2. The second-order valence-electron chi connectivity index (χ2n) is 11.1. The van der Waals surface area contributed by atoms with E-state index in [1.165, 1.54) is 12.1 Å². The van der Waals surface area contributed by atoms with Crippen molar-refractivity contribution in [3.8, 4) is 33.9 Å². The lowest BCUT2D eigenvalue weighted by Gasteiger charge is -2.26. The highest BCUT2D eigenvalue weighted by molar-refractivity contribution is 6.06. The number of morpholine rings is 1. The number of carbonyl (C=O) groups excluding carboxylic acids is 1. The Hall–Kier alpha value is -5.27. The third-order valence-corrected chi connectivity index (χ3v) is 7.89. The number of halogens is 3. The predicted molar refractivity (Wildman–Crippen MR) is 171 cm³/mol. The van der Waals surface area contributed by atoms with Crippen molar-refractivity contribution in [3.63, 3.8) is 0 Å². The van der Waals surface area contributed by atoms with Crippen molar-refractivity contribution in [2.24, 2.45) is 0 Å². The third-order valence-electron chi connectivity index (χ3n) is 7.89. The number of anilines is 2. The summed E-state index contributed by atoms with van der Waals surface area (Å²) in [7, 11) is 0. The Labute approximate surface area is 268 Å². The molecule has 242 valence electrons. The smallest absolute Gasteiger partial charge is 0.416 e. The van der Waals surface area contributed by atoms with Gasteiger partial charge < -0.3 is 25.6 Å². The number of benzene rings is 3. The van der Waals surface area contributed by atoms with Gasteiger partial charge in [0.25, 0.3) is 5.91 Å². The first kappa shape index (κ1) is 31.7. The first-order valence-corrected chi connectivity index (χ1v) is 14.8. The number of amides is 1. The zero-order valence-electron chi connectivity index (χ0n) is 25.3. The van der Waals surface area contributed by atoms with E-state index in [-0.39, 0.29) is 22.9 Å². The molecule has 0 atom stereocenters. The van der Waals surface area contributed by atoms with Crippen LogP contribution in [0.25, 0.3) is 33.2 Å². The Balaban J connectivity index is 1.32. The van der Waals surface area contributed by atoms with Gasteiger partial charge >= 0.3 is 6.18 Å². The fraction of sp³-hybridized carbons (Fsp3) is 0.235. The van der Waals surface area contributed by atoms with Gasteiger partial charge in [0, 0.05) is 65.9 Å². The van der Waals surface area contributed by atoms with Gasteiger partial charge in [0.1, 0.15) is 12.4 Å². The standard InChI is InChI=1S/C34H31F3N6O4/c1-20-5-6-21(32(45)41-25-4-2-3-24(17-25)34(35,36)37)15-26(20)27-16-23-19-40-33(38)42-30(23)29(31(27)44)22-7-8-28(39-18-22)47-14-11-43-9-12-46-13-10-43/h2-8,15-19,44H,9-14H2,1H3,(H,41,45)(H2,38,40,42). The Morgan fingerprint density at radius 1 is 1.04 bits per heavy atom. The maximum atomic E-state index is 13.2. The van der Waals surface area contributed by atoms with Crippen LogP contribution in [0.1, 0.15) is 21.5 Å². The highest BCUT2D eigenvalue weighted by Crippen LogP contribution is 2.44. The maximum Gasteiger partial charge on any atom is 0.416 e. The van der Waals surface area contributed by atoms with Crippen LogP contribution in [-0.4, -0.2) is 70.3 Å². The SMILES string of the molecule is Cc1ccc(C(=O)Nc2cccc(C(F)(F)F)c2)cc1-c1cc2cnc(N)nc2c(-c2ccc(OCCN3CCOCC3)nc2)c1O. The fourth-order valence-corrected chi connectivity index (χ4v) is 5.41. The molecule has 0 saturated carbocycles. The number of pyridine rings is 1. The third kappa shape index (κ3) is 7.11. The van der Waals surface area contributed by atoms with Crippen LogP contribution in [-0.2, 0) is 10.9 Å². The molecule has 1 saturated heterocycles. The lowest BCUT2D eigenvalue weighted by molar-refractivity contribution is -0.137. The summed E-state index contributed by atoms with van der Waals surface area (Å²) < 4.78 is 50.8. The van der Waals surface area contributed by atoms with Gasteiger partial charge in [-0.15, -0.1) is 0 Å². The minimum atomic E-state index is -4.55. The number of aromatic hydroxyl groups is 1. The van der Waals surface area contributed by atoms with Gasteiger partial charge in [-0.05, 0) is 60.5 Å². The molecule has 1 aliphatic rings. The molecule has 4 N–H and O–H groups in total. The number of fused-ring (bicyclic) bond motifs is 1. The van der Waals surface area contributed by atoms with Crippen LogP contribution in [0.5, 0.6) is 11.6 Å². The molecule has 0 aliphatic carbocycles. The van der Waals surface area contributed by atoms with E-state index in [9.17, 15) is 23.1 Å². The minimum Gasteiger partial charge on any atom is -0.507 e. The van der Waals surface area contributed by atoms with E-state index in [0.29, 0.717) is 58.9 Å². The predicted octanol–water partition coefficient (Wildman–Crippen LogP) is 5.94. The van der Waals surface area contributed by atoms with Gasteiger partial charge in [0.05, 0.1) is 29.9 Å². The molecule has 1 fully saturated rings. The number of phenols is 1. The summed E-state index contributed by atoms with van der Waals surface area (Å²) in [6.45, 7) is 6.13. The van der Waals surface area contributed by atoms with Gasteiger partial charge in [-0.1, -0.05) is 12.1 Å². The van der Waals surface area contributed by atoms with Gasteiger partial charge in [-0.2, -0.15) is 13.2 Å². The second-order valence-corrected chi connectivity index (χ2v) is 11.1. The van der Waals surface area contributed by atoms with Crippen LogP contribution in [0.4, 0.5) is 24.8 Å². The fourth-order valence-electron chi connectivity index (χ4n) is 5.41. The molecule has 6 rings (SSSR count). The summed E-state index contributed by atoms with van der Waals surface area (Å²) in [5, 5.41) is 14.9. The molecule has 47 heavy (non-hydrogen) atoms.